The van der Waals surface area contributed by atoms with Gasteiger partial charge in [0.2, 0.25) is 5.43 Å². The van der Waals surface area contributed by atoms with Crippen LogP contribution in [0.1, 0.15) is 15.9 Å². The lowest BCUT2D eigenvalue weighted by Gasteiger charge is -2.36. The number of benzene rings is 2. The molecule has 5 nitrogen and oxygen atoms in total. The molecule has 27 heavy (non-hydrogen) atoms. The summed E-state index contributed by atoms with van der Waals surface area (Å²) in [7, 11) is 0. The predicted octanol–water partition coefficient (Wildman–Crippen LogP) is 2.52. The maximum absolute atomic E-state index is 13.1. The van der Waals surface area contributed by atoms with E-state index in [4.69, 9.17) is 0 Å². The van der Waals surface area contributed by atoms with Gasteiger partial charge in [0.15, 0.2) is 0 Å². The summed E-state index contributed by atoms with van der Waals surface area (Å²) in [5.41, 5.74) is 3.53. The number of pyridine rings is 1. The molecule has 1 amide bonds. The van der Waals surface area contributed by atoms with Crippen molar-refractivity contribution in [1.82, 2.24) is 9.47 Å². The Morgan fingerprint density at radius 2 is 1.63 bits per heavy atom. The normalized spacial score (nSPS) is 16.1. The number of rotatable bonds is 2. The number of carbonyl (C=O) groups excluding carboxylic acids is 1. The molecule has 0 bridgehead atoms. The first kappa shape index (κ1) is 16.1. The summed E-state index contributed by atoms with van der Waals surface area (Å²) in [6, 6.07) is 16.1. The predicted molar refractivity (Wildman–Crippen MR) is 106 cm³/mol. The van der Waals surface area contributed by atoms with Crippen molar-refractivity contribution in [2.45, 2.75) is 13.0 Å². The molecule has 1 aromatic heterocycles. The van der Waals surface area contributed by atoms with Crippen molar-refractivity contribution in [1.29, 1.82) is 0 Å². The van der Waals surface area contributed by atoms with Gasteiger partial charge in [-0.15, -0.1) is 0 Å². The van der Waals surface area contributed by atoms with Crippen LogP contribution in [-0.4, -0.2) is 41.6 Å². The van der Waals surface area contributed by atoms with Crippen molar-refractivity contribution in [2.75, 3.05) is 31.1 Å². The van der Waals surface area contributed by atoms with Crippen LogP contribution in [0.25, 0.3) is 10.9 Å². The lowest BCUT2D eigenvalue weighted by atomic mass is 10.1. The van der Waals surface area contributed by atoms with Gasteiger partial charge in [-0.25, -0.2) is 0 Å². The molecule has 3 heterocycles. The van der Waals surface area contributed by atoms with Crippen molar-refractivity contribution in [2.24, 2.45) is 0 Å². The van der Waals surface area contributed by atoms with E-state index in [9.17, 15) is 9.59 Å². The fourth-order valence-electron chi connectivity index (χ4n) is 4.29. The van der Waals surface area contributed by atoms with Crippen LogP contribution >= 0.6 is 0 Å². The number of anilines is 1. The molecule has 2 aliphatic rings. The van der Waals surface area contributed by atoms with Gasteiger partial charge in [0.25, 0.3) is 5.91 Å². The lowest BCUT2D eigenvalue weighted by molar-refractivity contribution is 0.0745. The number of carbonyl (C=O) groups is 1. The Balaban J connectivity index is 1.41. The number of amides is 1. The first-order valence-corrected chi connectivity index (χ1v) is 9.47. The summed E-state index contributed by atoms with van der Waals surface area (Å²) in [6.45, 7) is 3.65. The zero-order chi connectivity index (χ0) is 18.4. The quantitative estimate of drug-likeness (QED) is 0.706. The Labute approximate surface area is 157 Å². The Bertz CT molecular complexity index is 1080. The highest BCUT2D eigenvalue weighted by molar-refractivity contribution is 5.98. The topological polar surface area (TPSA) is 45.6 Å². The fourth-order valence-corrected chi connectivity index (χ4v) is 4.29. The molecule has 136 valence electrons. The van der Waals surface area contributed by atoms with Gasteiger partial charge in [0, 0.05) is 50.0 Å². The molecule has 1 saturated heterocycles. The second kappa shape index (κ2) is 6.27. The van der Waals surface area contributed by atoms with Crippen LogP contribution in [0.4, 0.5) is 5.69 Å². The van der Waals surface area contributed by atoms with E-state index in [-0.39, 0.29) is 11.3 Å². The number of nitrogens with zero attached hydrogens (tertiary/aromatic N) is 3. The van der Waals surface area contributed by atoms with Crippen molar-refractivity contribution < 1.29 is 4.79 Å². The molecule has 0 unspecified atom stereocenters. The smallest absolute Gasteiger partial charge is 0.259 e. The second-order valence-electron chi connectivity index (χ2n) is 7.24. The van der Waals surface area contributed by atoms with Crippen molar-refractivity contribution in [3.8, 4) is 0 Å². The van der Waals surface area contributed by atoms with Gasteiger partial charge in [0.05, 0.1) is 5.52 Å². The molecule has 5 rings (SSSR count). The Kier molecular flexibility index (Phi) is 3.74. The van der Waals surface area contributed by atoms with E-state index in [1.807, 2.05) is 35.2 Å². The molecule has 0 N–H and O–H groups in total. The number of hydrogen-bond acceptors (Lipinski definition) is 3. The molecule has 0 spiro atoms. The van der Waals surface area contributed by atoms with Crippen LogP contribution < -0.4 is 10.3 Å². The minimum atomic E-state index is -0.143. The summed E-state index contributed by atoms with van der Waals surface area (Å²) < 4.78 is 2.07. The number of aryl methyl sites for hydroxylation is 2. The summed E-state index contributed by atoms with van der Waals surface area (Å²) in [5, 5.41) is 0.666. The van der Waals surface area contributed by atoms with Crippen molar-refractivity contribution in [3.63, 3.8) is 0 Å². The second-order valence-corrected chi connectivity index (χ2v) is 7.24. The number of para-hydroxylation sites is 2. The summed E-state index contributed by atoms with van der Waals surface area (Å²) >= 11 is 0. The third kappa shape index (κ3) is 2.62. The first-order valence-electron chi connectivity index (χ1n) is 9.47. The average Bonchev–Trinajstić information content (AvgIpc) is 3.15. The van der Waals surface area contributed by atoms with E-state index in [0.29, 0.717) is 24.0 Å². The van der Waals surface area contributed by atoms with Crippen LogP contribution in [0.3, 0.4) is 0 Å². The lowest BCUT2D eigenvalue weighted by Crippen LogP contribution is -2.49. The van der Waals surface area contributed by atoms with Gasteiger partial charge >= 0.3 is 0 Å². The summed E-state index contributed by atoms with van der Waals surface area (Å²) in [6.07, 6.45) is 2.69. The highest BCUT2D eigenvalue weighted by Gasteiger charge is 2.26. The monoisotopic (exact) mass is 359 g/mol. The summed E-state index contributed by atoms with van der Waals surface area (Å²) in [5.74, 6) is -0.143. The Morgan fingerprint density at radius 1 is 0.852 bits per heavy atom. The zero-order valence-corrected chi connectivity index (χ0v) is 15.1. The van der Waals surface area contributed by atoms with E-state index < -0.39 is 0 Å². The SMILES string of the molecule is O=C(c1cn2c3c(cccc3c1=O)CC2)N1CCN(c2ccccc2)CC1. The first-order chi connectivity index (χ1) is 13.2. The third-order valence-corrected chi connectivity index (χ3v) is 5.72. The average molecular weight is 359 g/mol. The fraction of sp³-hybridized carbons (Fsp3) is 0.273. The summed E-state index contributed by atoms with van der Waals surface area (Å²) in [4.78, 5) is 30.1. The molecule has 2 aliphatic heterocycles. The Morgan fingerprint density at radius 3 is 2.41 bits per heavy atom. The van der Waals surface area contributed by atoms with E-state index >= 15 is 0 Å². The molecular weight excluding hydrogens is 338 g/mol. The molecule has 3 aromatic rings. The number of hydrogen-bond donors (Lipinski definition) is 0. The number of piperazine rings is 1. The molecule has 2 aromatic carbocycles. The van der Waals surface area contributed by atoms with E-state index in [1.165, 1.54) is 11.3 Å². The molecule has 0 aliphatic carbocycles. The maximum Gasteiger partial charge on any atom is 0.259 e. The van der Waals surface area contributed by atoms with E-state index in [2.05, 4.69) is 27.7 Å². The third-order valence-electron chi connectivity index (χ3n) is 5.72. The largest absolute Gasteiger partial charge is 0.368 e. The molecule has 1 fully saturated rings. The van der Waals surface area contributed by atoms with Crippen LogP contribution in [0.15, 0.2) is 59.5 Å². The molecule has 5 heteroatoms. The minimum Gasteiger partial charge on any atom is -0.368 e. The molecule has 0 radical (unpaired) electrons. The molecule has 0 atom stereocenters. The van der Waals surface area contributed by atoms with Gasteiger partial charge in [-0.2, -0.15) is 0 Å². The van der Waals surface area contributed by atoms with Gasteiger partial charge in [-0.3, -0.25) is 9.59 Å². The molecule has 0 saturated carbocycles. The standard InChI is InChI=1S/C22H21N3O2/c26-21-18-8-4-5-16-9-10-25(20(16)18)15-19(21)22(27)24-13-11-23(12-14-24)17-6-2-1-3-7-17/h1-8,15H,9-14H2. The van der Waals surface area contributed by atoms with Crippen LogP contribution in [0, 0.1) is 0 Å². The van der Waals surface area contributed by atoms with Gasteiger partial charge in [-0.05, 0) is 30.2 Å². The highest BCUT2D eigenvalue weighted by Crippen LogP contribution is 2.24. The Hall–Kier alpha value is -3.08. The maximum atomic E-state index is 13.1. The minimum absolute atomic E-state index is 0.138. The van der Waals surface area contributed by atoms with Gasteiger partial charge in [-0.1, -0.05) is 30.3 Å². The van der Waals surface area contributed by atoms with Crippen molar-refractivity contribution >= 4 is 22.5 Å². The highest BCUT2D eigenvalue weighted by atomic mass is 16.2. The van der Waals surface area contributed by atoms with Crippen molar-refractivity contribution in [3.05, 3.63) is 76.1 Å². The zero-order valence-electron chi connectivity index (χ0n) is 15.1. The molecular formula is C22H21N3O2. The van der Waals surface area contributed by atoms with Crippen LogP contribution in [0.2, 0.25) is 0 Å². The number of aromatic nitrogens is 1. The van der Waals surface area contributed by atoms with E-state index in [0.717, 1.165) is 31.6 Å². The van der Waals surface area contributed by atoms with Gasteiger partial charge < -0.3 is 14.4 Å². The van der Waals surface area contributed by atoms with Crippen LogP contribution in [0.5, 0.6) is 0 Å². The van der Waals surface area contributed by atoms with Crippen LogP contribution in [-0.2, 0) is 13.0 Å². The van der Waals surface area contributed by atoms with Gasteiger partial charge in [0.1, 0.15) is 5.56 Å². The van der Waals surface area contributed by atoms with E-state index in [1.54, 1.807) is 6.20 Å².